The molecular weight excluding hydrogens is 354 g/mol. The second kappa shape index (κ2) is 7.48. The summed E-state index contributed by atoms with van der Waals surface area (Å²) >= 11 is 0. The van der Waals surface area contributed by atoms with Gasteiger partial charge in [0.15, 0.2) is 6.04 Å². The van der Waals surface area contributed by atoms with Crippen LogP contribution in [0.5, 0.6) is 0 Å². The Kier molecular flexibility index (Phi) is 4.72. The molecule has 7 nitrogen and oxygen atoms in total. The average Bonchev–Trinajstić information content (AvgIpc) is 3.20. The molecule has 4 aromatic rings. The number of ether oxygens (including phenoxy) is 1. The van der Waals surface area contributed by atoms with E-state index in [1.807, 2.05) is 67.6 Å². The number of carbonyl (C=O) groups is 1. The van der Waals surface area contributed by atoms with E-state index in [0.717, 1.165) is 22.4 Å². The summed E-state index contributed by atoms with van der Waals surface area (Å²) in [5, 5.41) is 7.39. The van der Waals surface area contributed by atoms with Gasteiger partial charge >= 0.3 is 5.97 Å². The first kappa shape index (κ1) is 17.7. The second-order valence-corrected chi connectivity index (χ2v) is 6.34. The quantitative estimate of drug-likeness (QED) is 0.540. The number of rotatable bonds is 5. The van der Waals surface area contributed by atoms with E-state index in [4.69, 9.17) is 4.74 Å². The summed E-state index contributed by atoms with van der Waals surface area (Å²) in [4.78, 5) is 20.9. The number of hydrogen-bond donors (Lipinski definition) is 1. The minimum absolute atomic E-state index is 0.393. The number of esters is 1. The van der Waals surface area contributed by atoms with Crippen LogP contribution in [0.3, 0.4) is 0 Å². The Bertz CT molecular complexity index is 1110. The van der Waals surface area contributed by atoms with E-state index in [9.17, 15) is 4.79 Å². The van der Waals surface area contributed by atoms with Gasteiger partial charge in [-0.25, -0.2) is 9.78 Å². The van der Waals surface area contributed by atoms with Crippen molar-refractivity contribution < 1.29 is 9.53 Å². The summed E-state index contributed by atoms with van der Waals surface area (Å²) in [6.45, 7) is 1.86. The number of aromatic nitrogens is 4. The number of anilines is 1. The molecule has 1 unspecified atom stereocenters. The fourth-order valence-corrected chi connectivity index (χ4v) is 3.08. The maximum absolute atomic E-state index is 12.5. The molecule has 0 aliphatic rings. The van der Waals surface area contributed by atoms with E-state index in [0.29, 0.717) is 11.6 Å². The van der Waals surface area contributed by atoms with Crippen molar-refractivity contribution in [3.8, 4) is 11.1 Å². The smallest absolute Gasteiger partial charge is 0.333 e. The number of aryl methyl sites for hydroxylation is 1. The van der Waals surface area contributed by atoms with Gasteiger partial charge < -0.3 is 10.1 Å². The Hall–Kier alpha value is -3.74. The lowest BCUT2D eigenvalue weighted by Crippen LogP contribution is -2.23. The number of benzene rings is 2. The van der Waals surface area contributed by atoms with Crippen molar-refractivity contribution in [1.29, 1.82) is 0 Å². The molecule has 0 radical (unpaired) electrons. The van der Waals surface area contributed by atoms with Crippen LogP contribution in [0.4, 0.5) is 5.82 Å². The fourth-order valence-electron chi connectivity index (χ4n) is 3.08. The third kappa shape index (κ3) is 3.42. The van der Waals surface area contributed by atoms with E-state index < -0.39 is 12.0 Å². The van der Waals surface area contributed by atoms with Crippen LogP contribution in [-0.2, 0) is 9.53 Å². The zero-order chi connectivity index (χ0) is 19.5. The van der Waals surface area contributed by atoms with Crippen molar-refractivity contribution in [2.75, 3.05) is 12.4 Å². The molecule has 4 rings (SSSR count). The predicted molar refractivity (Wildman–Crippen MR) is 106 cm³/mol. The van der Waals surface area contributed by atoms with Gasteiger partial charge in [-0.1, -0.05) is 54.6 Å². The van der Waals surface area contributed by atoms with Crippen LogP contribution in [0.25, 0.3) is 16.9 Å². The molecule has 1 atom stereocenters. The highest BCUT2D eigenvalue weighted by molar-refractivity contribution is 5.81. The lowest BCUT2D eigenvalue weighted by Gasteiger charge is -2.19. The van der Waals surface area contributed by atoms with E-state index in [1.54, 1.807) is 4.52 Å². The van der Waals surface area contributed by atoms with Crippen molar-refractivity contribution >= 4 is 17.6 Å². The van der Waals surface area contributed by atoms with Gasteiger partial charge in [-0.3, -0.25) is 0 Å². The molecule has 0 spiro atoms. The van der Waals surface area contributed by atoms with Crippen LogP contribution in [0.2, 0.25) is 0 Å². The second-order valence-electron chi connectivity index (χ2n) is 6.34. The number of nitrogens with one attached hydrogen (secondary N) is 1. The third-order valence-corrected chi connectivity index (χ3v) is 4.46. The first-order valence-corrected chi connectivity index (χ1v) is 8.83. The largest absolute Gasteiger partial charge is 0.467 e. The van der Waals surface area contributed by atoms with E-state index >= 15 is 0 Å². The molecular formula is C21H19N5O2. The minimum atomic E-state index is -0.691. The topological polar surface area (TPSA) is 81.4 Å². The predicted octanol–water partition coefficient (Wildman–Crippen LogP) is 3.43. The highest BCUT2D eigenvalue weighted by Gasteiger charge is 2.23. The Labute approximate surface area is 162 Å². The molecule has 28 heavy (non-hydrogen) atoms. The number of fused-ring (bicyclic) bond motifs is 1. The molecule has 0 aliphatic heterocycles. The van der Waals surface area contributed by atoms with Gasteiger partial charge in [0.2, 0.25) is 0 Å². The highest BCUT2D eigenvalue weighted by atomic mass is 16.5. The molecule has 0 amide bonds. The van der Waals surface area contributed by atoms with Crippen LogP contribution in [0.1, 0.15) is 17.3 Å². The van der Waals surface area contributed by atoms with Crippen molar-refractivity contribution in [3.05, 3.63) is 78.2 Å². The lowest BCUT2D eigenvalue weighted by molar-refractivity contribution is -0.141. The Morgan fingerprint density at radius 3 is 2.50 bits per heavy atom. The lowest BCUT2D eigenvalue weighted by atomic mass is 10.0. The van der Waals surface area contributed by atoms with Gasteiger partial charge in [0, 0.05) is 11.8 Å². The summed E-state index contributed by atoms with van der Waals surface area (Å²) in [6.07, 6.45) is 1.43. The normalized spacial score (nSPS) is 11.9. The summed E-state index contributed by atoms with van der Waals surface area (Å²) in [6, 6.07) is 19.0. The third-order valence-electron chi connectivity index (χ3n) is 4.46. The van der Waals surface area contributed by atoms with Crippen molar-refractivity contribution in [2.45, 2.75) is 13.0 Å². The van der Waals surface area contributed by atoms with E-state index in [2.05, 4.69) is 20.4 Å². The molecule has 0 aliphatic carbocycles. The van der Waals surface area contributed by atoms with Gasteiger partial charge in [0.25, 0.3) is 5.78 Å². The number of nitrogens with zero attached hydrogens (tertiary/aromatic N) is 4. The first-order valence-electron chi connectivity index (χ1n) is 8.83. The fraction of sp³-hybridized carbons (Fsp3) is 0.143. The molecule has 140 valence electrons. The Morgan fingerprint density at radius 1 is 1.07 bits per heavy atom. The van der Waals surface area contributed by atoms with Crippen LogP contribution >= 0.6 is 0 Å². The SMILES string of the molecule is COC(=O)C(Nc1cc(C)nc2ncnn12)c1ccc(-c2ccccc2)cc1. The van der Waals surface area contributed by atoms with Crippen LogP contribution < -0.4 is 5.32 Å². The monoisotopic (exact) mass is 373 g/mol. The standard InChI is InChI=1S/C21H19N5O2/c1-14-12-18(26-21(24-14)22-13-23-26)25-19(20(27)28-2)17-10-8-16(9-11-17)15-6-4-3-5-7-15/h3-13,19,25H,1-2H3. The Balaban J connectivity index is 1.68. The average molecular weight is 373 g/mol. The van der Waals surface area contributed by atoms with Crippen molar-refractivity contribution in [3.63, 3.8) is 0 Å². The molecule has 0 saturated heterocycles. The summed E-state index contributed by atoms with van der Waals surface area (Å²) in [7, 11) is 1.37. The highest BCUT2D eigenvalue weighted by Crippen LogP contribution is 2.25. The zero-order valence-corrected chi connectivity index (χ0v) is 15.5. The molecule has 0 fully saturated rings. The van der Waals surface area contributed by atoms with Gasteiger partial charge in [-0.05, 0) is 23.6 Å². The van der Waals surface area contributed by atoms with Crippen LogP contribution in [0.15, 0.2) is 67.0 Å². The molecule has 2 aromatic heterocycles. The van der Waals surface area contributed by atoms with Gasteiger partial charge in [-0.2, -0.15) is 14.6 Å². The molecule has 7 heteroatoms. The maximum atomic E-state index is 12.5. The van der Waals surface area contributed by atoms with Gasteiger partial charge in [0.05, 0.1) is 7.11 Å². The summed E-state index contributed by atoms with van der Waals surface area (Å²) < 4.78 is 6.57. The molecule has 0 saturated carbocycles. The van der Waals surface area contributed by atoms with Gasteiger partial charge in [-0.15, -0.1) is 0 Å². The van der Waals surface area contributed by atoms with Crippen molar-refractivity contribution in [1.82, 2.24) is 19.6 Å². The zero-order valence-electron chi connectivity index (χ0n) is 15.5. The Morgan fingerprint density at radius 2 is 1.79 bits per heavy atom. The molecule has 1 N–H and O–H groups in total. The molecule has 2 heterocycles. The minimum Gasteiger partial charge on any atom is -0.467 e. The molecule has 0 bridgehead atoms. The van der Waals surface area contributed by atoms with Crippen LogP contribution in [-0.4, -0.2) is 32.7 Å². The summed E-state index contributed by atoms with van der Waals surface area (Å²) in [5.74, 6) is 0.684. The number of hydrogen-bond acceptors (Lipinski definition) is 6. The van der Waals surface area contributed by atoms with E-state index in [1.165, 1.54) is 13.4 Å². The van der Waals surface area contributed by atoms with Crippen molar-refractivity contribution in [2.24, 2.45) is 0 Å². The number of methoxy groups -OCH3 is 1. The number of carbonyl (C=O) groups excluding carboxylic acids is 1. The van der Waals surface area contributed by atoms with Crippen LogP contribution in [0, 0.1) is 6.92 Å². The van der Waals surface area contributed by atoms with Gasteiger partial charge in [0.1, 0.15) is 12.1 Å². The summed E-state index contributed by atoms with van der Waals surface area (Å²) in [5.41, 5.74) is 3.75. The van der Waals surface area contributed by atoms with E-state index in [-0.39, 0.29) is 0 Å². The molecule has 2 aromatic carbocycles. The maximum Gasteiger partial charge on any atom is 0.333 e. The first-order chi connectivity index (χ1) is 13.7.